The molecule has 0 atom stereocenters. The number of ether oxygens (including phenoxy) is 1. The Kier molecular flexibility index (Phi) is 3.27. The Labute approximate surface area is 103 Å². The number of hydrogen-bond acceptors (Lipinski definition) is 2. The maximum Gasteiger partial charge on any atom is 0.145 e. The molecule has 0 saturated heterocycles. The van der Waals surface area contributed by atoms with Crippen molar-refractivity contribution in [1.82, 2.24) is 0 Å². The van der Waals surface area contributed by atoms with Crippen LogP contribution in [0.3, 0.4) is 0 Å². The van der Waals surface area contributed by atoms with Crippen LogP contribution in [0.2, 0.25) is 5.02 Å². The summed E-state index contributed by atoms with van der Waals surface area (Å²) in [5.74, 6) is 0.516. The summed E-state index contributed by atoms with van der Waals surface area (Å²) in [6.07, 6.45) is 0. The van der Waals surface area contributed by atoms with E-state index in [1.54, 1.807) is 12.1 Å². The molecule has 0 N–H and O–H groups in total. The largest absolute Gasteiger partial charge is 0.456 e. The molecule has 0 aliphatic heterocycles. The number of nitriles is 1. The summed E-state index contributed by atoms with van der Waals surface area (Å²) in [6, 6.07) is 12.3. The Balaban J connectivity index is 2.30. The molecule has 0 aromatic heterocycles. The van der Waals surface area contributed by atoms with Crippen LogP contribution in [0.15, 0.2) is 42.5 Å². The van der Waals surface area contributed by atoms with Crippen molar-refractivity contribution < 1.29 is 9.13 Å². The van der Waals surface area contributed by atoms with Gasteiger partial charge in [-0.25, -0.2) is 4.39 Å². The van der Waals surface area contributed by atoms with Gasteiger partial charge in [-0.15, -0.1) is 0 Å². The van der Waals surface area contributed by atoms with Crippen molar-refractivity contribution in [3.63, 3.8) is 0 Å². The monoisotopic (exact) mass is 247 g/mol. The standard InChI is InChI=1S/C13H7ClFNO/c14-10-1-6-13(9(7-10)8-16)17-12-4-2-11(15)3-5-12/h1-7H. The van der Waals surface area contributed by atoms with Crippen LogP contribution in [0.1, 0.15) is 5.56 Å². The molecule has 2 nitrogen and oxygen atoms in total. The van der Waals surface area contributed by atoms with Crippen molar-refractivity contribution in [3.05, 3.63) is 58.9 Å². The van der Waals surface area contributed by atoms with Gasteiger partial charge in [0.2, 0.25) is 0 Å². The molecule has 84 valence electrons. The van der Waals surface area contributed by atoms with Crippen LogP contribution in [0.5, 0.6) is 11.5 Å². The summed E-state index contributed by atoms with van der Waals surface area (Å²) in [4.78, 5) is 0. The van der Waals surface area contributed by atoms with Gasteiger partial charge in [0.15, 0.2) is 0 Å². The van der Waals surface area contributed by atoms with Crippen LogP contribution in [-0.4, -0.2) is 0 Å². The second kappa shape index (κ2) is 4.86. The second-order valence-corrected chi connectivity index (χ2v) is 3.74. The first-order valence-corrected chi connectivity index (χ1v) is 5.20. The highest BCUT2D eigenvalue weighted by molar-refractivity contribution is 6.30. The quantitative estimate of drug-likeness (QED) is 0.799. The van der Waals surface area contributed by atoms with Gasteiger partial charge in [-0.1, -0.05) is 11.6 Å². The van der Waals surface area contributed by atoms with E-state index in [0.717, 1.165) is 0 Å². The Hall–Kier alpha value is -2.05. The zero-order chi connectivity index (χ0) is 12.3. The van der Waals surface area contributed by atoms with E-state index in [9.17, 15) is 4.39 Å². The maximum absolute atomic E-state index is 12.7. The van der Waals surface area contributed by atoms with Gasteiger partial charge in [0.05, 0.1) is 5.56 Å². The minimum Gasteiger partial charge on any atom is -0.456 e. The molecule has 0 unspecified atom stereocenters. The van der Waals surface area contributed by atoms with E-state index < -0.39 is 0 Å². The average Bonchev–Trinajstić information content (AvgIpc) is 2.34. The summed E-state index contributed by atoms with van der Waals surface area (Å²) in [5.41, 5.74) is 0.335. The van der Waals surface area contributed by atoms with Crippen LogP contribution >= 0.6 is 11.6 Å². The third-order valence-electron chi connectivity index (χ3n) is 2.10. The van der Waals surface area contributed by atoms with Crippen molar-refractivity contribution in [2.75, 3.05) is 0 Å². The molecule has 0 spiro atoms. The zero-order valence-corrected chi connectivity index (χ0v) is 9.41. The molecule has 2 aromatic rings. The van der Waals surface area contributed by atoms with Gasteiger partial charge in [-0.05, 0) is 42.5 Å². The van der Waals surface area contributed by atoms with Crippen molar-refractivity contribution in [2.24, 2.45) is 0 Å². The van der Waals surface area contributed by atoms with Gasteiger partial charge in [-0.2, -0.15) is 5.26 Å². The number of rotatable bonds is 2. The Morgan fingerprint density at radius 2 is 1.82 bits per heavy atom. The molecular formula is C13H7ClFNO. The van der Waals surface area contributed by atoms with Gasteiger partial charge in [0.25, 0.3) is 0 Å². The molecule has 2 aromatic carbocycles. The average molecular weight is 248 g/mol. The third kappa shape index (κ3) is 2.74. The first-order chi connectivity index (χ1) is 8.19. The summed E-state index contributed by atoms with van der Waals surface area (Å²) < 4.78 is 18.2. The predicted octanol–water partition coefficient (Wildman–Crippen LogP) is 4.14. The van der Waals surface area contributed by atoms with Gasteiger partial charge < -0.3 is 4.74 Å². The van der Waals surface area contributed by atoms with Crippen molar-refractivity contribution in [2.45, 2.75) is 0 Å². The lowest BCUT2D eigenvalue weighted by atomic mass is 10.2. The van der Waals surface area contributed by atoms with E-state index in [4.69, 9.17) is 21.6 Å². The summed E-state index contributed by atoms with van der Waals surface area (Å²) in [7, 11) is 0. The second-order valence-electron chi connectivity index (χ2n) is 3.31. The number of benzene rings is 2. The van der Waals surface area contributed by atoms with Crippen LogP contribution in [-0.2, 0) is 0 Å². The van der Waals surface area contributed by atoms with Gasteiger partial charge in [0.1, 0.15) is 23.4 Å². The molecule has 0 radical (unpaired) electrons. The van der Waals surface area contributed by atoms with Gasteiger partial charge >= 0.3 is 0 Å². The lowest BCUT2D eigenvalue weighted by Gasteiger charge is -2.07. The molecule has 0 heterocycles. The normalized spacial score (nSPS) is 9.71. The Bertz CT molecular complexity index is 575. The topological polar surface area (TPSA) is 33.0 Å². The molecule has 0 bridgehead atoms. The van der Waals surface area contributed by atoms with E-state index in [1.807, 2.05) is 6.07 Å². The van der Waals surface area contributed by atoms with Gasteiger partial charge in [0, 0.05) is 5.02 Å². The fourth-order valence-electron chi connectivity index (χ4n) is 1.31. The molecular weight excluding hydrogens is 241 g/mol. The summed E-state index contributed by atoms with van der Waals surface area (Å²) >= 11 is 5.76. The highest BCUT2D eigenvalue weighted by Gasteiger charge is 2.05. The zero-order valence-electron chi connectivity index (χ0n) is 8.65. The third-order valence-corrected chi connectivity index (χ3v) is 2.34. The van der Waals surface area contributed by atoms with E-state index in [0.29, 0.717) is 22.1 Å². The van der Waals surface area contributed by atoms with Crippen molar-refractivity contribution >= 4 is 11.6 Å². The molecule has 0 fully saturated rings. The first kappa shape index (κ1) is 11.4. The van der Waals surface area contributed by atoms with Crippen LogP contribution in [0, 0.1) is 17.1 Å². The lowest BCUT2D eigenvalue weighted by Crippen LogP contribution is -1.88. The number of hydrogen-bond donors (Lipinski definition) is 0. The maximum atomic E-state index is 12.7. The van der Waals surface area contributed by atoms with E-state index in [-0.39, 0.29) is 5.82 Å². The fraction of sp³-hybridized carbons (Fsp3) is 0. The summed E-state index contributed by atoms with van der Waals surface area (Å²) in [5, 5.41) is 9.38. The van der Waals surface area contributed by atoms with Crippen molar-refractivity contribution in [3.8, 4) is 17.6 Å². The minimum atomic E-state index is -0.339. The highest BCUT2D eigenvalue weighted by Crippen LogP contribution is 2.27. The molecule has 0 amide bonds. The molecule has 17 heavy (non-hydrogen) atoms. The SMILES string of the molecule is N#Cc1cc(Cl)ccc1Oc1ccc(F)cc1. The molecule has 0 aliphatic rings. The molecule has 0 aliphatic carbocycles. The Morgan fingerprint density at radius 3 is 2.47 bits per heavy atom. The van der Waals surface area contributed by atoms with E-state index >= 15 is 0 Å². The number of nitrogens with zero attached hydrogens (tertiary/aromatic N) is 1. The molecule has 4 heteroatoms. The van der Waals surface area contributed by atoms with Crippen LogP contribution < -0.4 is 4.74 Å². The van der Waals surface area contributed by atoms with Gasteiger partial charge in [-0.3, -0.25) is 0 Å². The Morgan fingerprint density at radius 1 is 1.12 bits per heavy atom. The number of halogens is 2. The smallest absolute Gasteiger partial charge is 0.145 e. The fourth-order valence-corrected chi connectivity index (χ4v) is 1.48. The minimum absolute atomic E-state index is 0.335. The van der Waals surface area contributed by atoms with Crippen LogP contribution in [0.25, 0.3) is 0 Å². The van der Waals surface area contributed by atoms with Crippen LogP contribution in [0.4, 0.5) is 4.39 Å². The lowest BCUT2D eigenvalue weighted by molar-refractivity contribution is 0.479. The first-order valence-electron chi connectivity index (χ1n) is 4.82. The predicted molar refractivity (Wildman–Crippen MR) is 62.6 cm³/mol. The molecule has 0 saturated carbocycles. The van der Waals surface area contributed by atoms with E-state index in [1.165, 1.54) is 30.3 Å². The van der Waals surface area contributed by atoms with Crippen molar-refractivity contribution in [1.29, 1.82) is 5.26 Å². The van der Waals surface area contributed by atoms with E-state index in [2.05, 4.69) is 0 Å². The highest BCUT2D eigenvalue weighted by atomic mass is 35.5. The summed E-state index contributed by atoms with van der Waals surface area (Å²) in [6.45, 7) is 0. The molecule has 2 rings (SSSR count).